The summed E-state index contributed by atoms with van der Waals surface area (Å²) in [6.07, 6.45) is 26.8. The van der Waals surface area contributed by atoms with E-state index in [-0.39, 0.29) is 0 Å². The van der Waals surface area contributed by atoms with E-state index in [4.69, 9.17) is 4.99 Å². The first-order valence-electron chi connectivity index (χ1n) is 18.0. The van der Waals surface area contributed by atoms with Crippen LogP contribution in [0.15, 0.2) is 40.9 Å². The highest BCUT2D eigenvalue weighted by atomic mass is 14.7. The zero-order valence-corrected chi connectivity index (χ0v) is 28.8. The van der Waals surface area contributed by atoms with Gasteiger partial charge in [0.2, 0.25) is 0 Å². The minimum atomic E-state index is 0.997. The topological polar surface area (TPSA) is 12.4 Å². The van der Waals surface area contributed by atoms with Crippen molar-refractivity contribution in [1.29, 1.82) is 0 Å². The van der Waals surface area contributed by atoms with Crippen LogP contribution in [0, 0.1) is 6.92 Å². The number of hydrogen-bond donors (Lipinski definition) is 0. The molecule has 0 bridgehead atoms. The summed E-state index contributed by atoms with van der Waals surface area (Å²) in [5, 5.41) is 0. The number of aryl methyl sites for hydroxylation is 4. The van der Waals surface area contributed by atoms with E-state index in [1.165, 1.54) is 137 Å². The molecular weight excluding hydrogens is 506 g/mol. The molecule has 0 saturated carbocycles. The fourth-order valence-corrected chi connectivity index (χ4v) is 6.38. The molecule has 1 nitrogen and oxygen atoms in total. The maximum atomic E-state index is 5.20. The van der Waals surface area contributed by atoms with Gasteiger partial charge in [0, 0.05) is 5.71 Å². The molecule has 0 saturated heterocycles. The Morgan fingerprint density at radius 1 is 0.619 bits per heavy atom. The van der Waals surface area contributed by atoms with Crippen LogP contribution in [0.2, 0.25) is 0 Å². The first-order valence-corrected chi connectivity index (χ1v) is 18.0. The van der Waals surface area contributed by atoms with E-state index in [2.05, 4.69) is 84.9 Å². The summed E-state index contributed by atoms with van der Waals surface area (Å²) in [7, 11) is 0. The molecule has 0 aliphatic heterocycles. The van der Waals surface area contributed by atoms with Crippen molar-refractivity contribution >= 4 is 17.5 Å². The van der Waals surface area contributed by atoms with E-state index >= 15 is 0 Å². The summed E-state index contributed by atoms with van der Waals surface area (Å²) in [6, 6.07) is 12.0. The predicted molar refractivity (Wildman–Crippen MR) is 191 cm³/mol. The second kappa shape index (κ2) is 21.5. The van der Waals surface area contributed by atoms with Crippen LogP contribution in [0.3, 0.4) is 0 Å². The quantitative estimate of drug-likeness (QED) is 0.0984. The largest absolute Gasteiger partial charge is 0.253 e. The molecule has 1 heteroatoms. The Morgan fingerprint density at radius 2 is 1.17 bits per heavy atom. The Kier molecular flexibility index (Phi) is 18.5. The van der Waals surface area contributed by atoms with Crippen molar-refractivity contribution in [3.63, 3.8) is 0 Å². The van der Waals surface area contributed by atoms with Gasteiger partial charge >= 0.3 is 0 Å². The van der Waals surface area contributed by atoms with Crippen LogP contribution in [0.5, 0.6) is 0 Å². The summed E-state index contributed by atoms with van der Waals surface area (Å²) >= 11 is 0. The summed E-state index contributed by atoms with van der Waals surface area (Å²) in [6.45, 7) is 15.9. The van der Waals surface area contributed by atoms with Gasteiger partial charge in [0.25, 0.3) is 0 Å². The van der Waals surface area contributed by atoms with Gasteiger partial charge in [-0.15, -0.1) is 0 Å². The Labute approximate surface area is 261 Å². The lowest BCUT2D eigenvalue weighted by Gasteiger charge is -2.14. The molecule has 234 valence electrons. The van der Waals surface area contributed by atoms with Crippen LogP contribution < -0.4 is 0 Å². The summed E-state index contributed by atoms with van der Waals surface area (Å²) in [5.74, 6) is 0. The van der Waals surface area contributed by atoms with E-state index < -0.39 is 0 Å². The van der Waals surface area contributed by atoms with Gasteiger partial charge in [-0.2, -0.15) is 0 Å². The van der Waals surface area contributed by atoms with Gasteiger partial charge in [-0.25, -0.2) is 0 Å². The van der Waals surface area contributed by atoms with Gasteiger partial charge < -0.3 is 0 Å². The number of allylic oxidation sites excluding steroid dienone is 1. The maximum Gasteiger partial charge on any atom is 0.0638 e. The molecule has 0 amide bonds. The molecule has 2 aromatic rings. The minimum Gasteiger partial charge on any atom is -0.253 e. The highest BCUT2D eigenvalue weighted by Crippen LogP contribution is 2.27. The van der Waals surface area contributed by atoms with Crippen LogP contribution in [0.1, 0.15) is 171 Å². The Morgan fingerprint density at radius 3 is 1.76 bits per heavy atom. The molecule has 0 heterocycles. The molecule has 0 N–H and O–H groups in total. The summed E-state index contributed by atoms with van der Waals surface area (Å²) < 4.78 is 0. The molecule has 0 spiro atoms. The molecule has 2 aromatic carbocycles. The maximum absolute atomic E-state index is 5.20. The normalized spacial score (nSPS) is 12.4. The SMILES string of the molecule is CCCCCCCCc1ccc(C=C(CC)C(C)=Nc2cc(C)c(CC)c(CCCCCC)c2)cc1CCCCCC. The van der Waals surface area contributed by atoms with Gasteiger partial charge in [-0.1, -0.05) is 123 Å². The molecule has 0 aliphatic rings. The van der Waals surface area contributed by atoms with Crippen molar-refractivity contribution in [3.05, 3.63) is 69.3 Å². The summed E-state index contributed by atoms with van der Waals surface area (Å²) in [5.41, 5.74) is 12.6. The molecule has 42 heavy (non-hydrogen) atoms. The predicted octanol–water partition coefficient (Wildman–Crippen LogP) is 13.3. The van der Waals surface area contributed by atoms with E-state index in [0.29, 0.717) is 0 Å². The highest BCUT2D eigenvalue weighted by Gasteiger charge is 2.10. The molecule has 0 aliphatic carbocycles. The van der Waals surface area contributed by atoms with Crippen molar-refractivity contribution in [2.24, 2.45) is 4.99 Å². The molecular formula is C41H65N. The molecule has 0 aromatic heterocycles. The van der Waals surface area contributed by atoms with Crippen LogP contribution in [-0.2, 0) is 25.7 Å². The smallest absolute Gasteiger partial charge is 0.0638 e. The number of aliphatic imine (C=N–C) groups is 1. The molecule has 2 rings (SSSR count). The minimum absolute atomic E-state index is 0.997. The first-order chi connectivity index (χ1) is 20.5. The third-order valence-electron chi connectivity index (χ3n) is 9.02. The monoisotopic (exact) mass is 572 g/mol. The fourth-order valence-electron chi connectivity index (χ4n) is 6.38. The number of nitrogens with zero attached hydrogens (tertiary/aromatic N) is 1. The van der Waals surface area contributed by atoms with Crippen molar-refractivity contribution in [2.75, 3.05) is 0 Å². The lowest BCUT2D eigenvalue weighted by Crippen LogP contribution is -2.00. The second-order valence-electron chi connectivity index (χ2n) is 12.6. The average molecular weight is 572 g/mol. The van der Waals surface area contributed by atoms with Crippen molar-refractivity contribution < 1.29 is 0 Å². The summed E-state index contributed by atoms with van der Waals surface area (Å²) in [4.78, 5) is 5.20. The van der Waals surface area contributed by atoms with E-state index in [1.54, 1.807) is 11.1 Å². The third kappa shape index (κ3) is 13.0. The van der Waals surface area contributed by atoms with E-state index in [1.807, 2.05) is 0 Å². The number of benzene rings is 2. The standard InChI is InChI=1S/C41H65N/c1-8-13-16-19-20-23-24-37-28-27-35(31-38(37)25-21-17-14-9-2)30-36(11-4)34(7)42-40-29-33(6)41(12-5)39(32-40)26-22-18-15-10-3/h27-32H,8-26H2,1-7H3. The lowest BCUT2D eigenvalue weighted by atomic mass is 9.93. The molecule has 0 fully saturated rings. The second-order valence-corrected chi connectivity index (χ2v) is 12.6. The Bertz CT molecular complexity index is 1090. The third-order valence-corrected chi connectivity index (χ3v) is 9.02. The van der Waals surface area contributed by atoms with Crippen molar-refractivity contribution in [2.45, 2.75) is 170 Å². The lowest BCUT2D eigenvalue weighted by molar-refractivity contribution is 0.605. The van der Waals surface area contributed by atoms with Crippen molar-refractivity contribution in [1.82, 2.24) is 0 Å². The van der Waals surface area contributed by atoms with Gasteiger partial charge in [-0.05, 0) is 122 Å². The highest BCUT2D eigenvalue weighted by molar-refractivity contribution is 6.03. The van der Waals surface area contributed by atoms with Gasteiger partial charge in [0.05, 0.1) is 5.69 Å². The Balaban J connectivity index is 2.26. The number of unbranched alkanes of at least 4 members (excludes halogenated alkanes) is 11. The first kappa shape index (κ1) is 36.0. The van der Waals surface area contributed by atoms with Gasteiger partial charge in [0.15, 0.2) is 0 Å². The zero-order valence-electron chi connectivity index (χ0n) is 28.8. The molecule has 0 unspecified atom stereocenters. The van der Waals surface area contributed by atoms with Crippen LogP contribution in [0.25, 0.3) is 6.08 Å². The van der Waals surface area contributed by atoms with Crippen LogP contribution in [0.4, 0.5) is 5.69 Å². The molecule has 0 atom stereocenters. The number of rotatable bonds is 22. The van der Waals surface area contributed by atoms with Crippen LogP contribution >= 0.6 is 0 Å². The van der Waals surface area contributed by atoms with E-state index in [9.17, 15) is 0 Å². The zero-order chi connectivity index (χ0) is 30.6. The van der Waals surface area contributed by atoms with Gasteiger partial charge in [0.1, 0.15) is 0 Å². The number of hydrogen-bond acceptors (Lipinski definition) is 1. The fraction of sp³-hybridized carbons (Fsp3) is 0.634. The average Bonchev–Trinajstić information content (AvgIpc) is 2.98. The van der Waals surface area contributed by atoms with Crippen LogP contribution in [-0.4, -0.2) is 5.71 Å². The Hall–Kier alpha value is -2.15. The molecule has 0 radical (unpaired) electrons. The van der Waals surface area contributed by atoms with Gasteiger partial charge in [-0.3, -0.25) is 4.99 Å². The van der Waals surface area contributed by atoms with E-state index in [0.717, 1.165) is 24.2 Å². The van der Waals surface area contributed by atoms with Crippen molar-refractivity contribution in [3.8, 4) is 0 Å².